The zero-order chi connectivity index (χ0) is 21.2. The van der Waals surface area contributed by atoms with E-state index in [4.69, 9.17) is 9.47 Å². The average molecular weight is 415 g/mol. The lowest BCUT2D eigenvalue weighted by atomic mass is 9.93. The van der Waals surface area contributed by atoms with Gasteiger partial charge in [-0.1, -0.05) is 72.8 Å². The van der Waals surface area contributed by atoms with Crippen LogP contribution in [-0.2, 0) is 13.5 Å². The molecule has 3 heteroatoms. The van der Waals surface area contributed by atoms with Gasteiger partial charge in [-0.05, 0) is 36.1 Å². The number of ether oxygens (including phenoxy) is 2. The van der Waals surface area contributed by atoms with Crippen LogP contribution in [0.25, 0.3) is 34.9 Å². The largest absolute Gasteiger partial charge is 0.454 e. The van der Waals surface area contributed by atoms with Gasteiger partial charge in [0.05, 0.1) is 11.2 Å². The molecule has 0 unspecified atom stereocenters. The van der Waals surface area contributed by atoms with Crippen LogP contribution in [0.5, 0.6) is 17.2 Å². The van der Waals surface area contributed by atoms with E-state index in [9.17, 15) is 0 Å². The van der Waals surface area contributed by atoms with Gasteiger partial charge in [0.15, 0.2) is 11.5 Å². The van der Waals surface area contributed by atoms with Gasteiger partial charge in [-0.25, -0.2) is 0 Å². The van der Waals surface area contributed by atoms with Crippen molar-refractivity contribution in [1.29, 1.82) is 0 Å². The molecular weight excluding hydrogens is 394 g/mol. The van der Waals surface area contributed by atoms with Crippen molar-refractivity contribution in [2.24, 2.45) is 7.05 Å². The molecule has 154 valence electrons. The summed E-state index contributed by atoms with van der Waals surface area (Å²) in [5, 5.41) is 1.24. The number of aromatic nitrogens is 1. The Balaban J connectivity index is 1.47. The zero-order valence-electron chi connectivity index (χ0n) is 17.8. The normalized spacial score (nSPS) is 15.5. The number of aryl methyl sites for hydroxylation is 2. The van der Waals surface area contributed by atoms with Crippen LogP contribution in [0.2, 0.25) is 0 Å². The smallest absolute Gasteiger partial charge is 0.158 e. The van der Waals surface area contributed by atoms with Crippen LogP contribution in [0, 0.1) is 0 Å². The number of fused-ring (bicyclic) bond motifs is 8. The summed E-state index contributed by atoms with van der Waals surface area (Å²) in [7, 11) is 2.13. The maximum atomic E-state index is 6.56. The predicted octanol–water partition coefficient (Wildman–Crippen LogP) is 7.22. The lowest BCUT2D eigenvalue weighted by Crippen LogP contribution is -2.11. The predicted molar refractivity (Wildman–Crippen MR) is 130 cm³/mol. The Bertz CT molecular complexity index is 1530. The van der Waals surface area contributed by atoms with E-state index in [-0.39, 0.29) is 0 Å². The van der Waals surface area contributed by atoms with Gasteiger partial charge in [0.2, 0.25) is 0 Å². The third-order valence-electron chi connectivity index (χ3n) is 6.76. The molecule has 1 aromatic heterocycles. The third-order valence-corrected chi connectivity index (χ3v) is 6.76. The Morgan fingerprint density at radius 3 is 2.19 bits per heavy atom. The van der Waals surface area contributed by atoms with Crippen molar-refractivity contribution < 1.29 is 9.47 Å². The molecule has 0 fully saturated rings. The van der Waals surface area contributed by atoms with E-state index >= 15 is 0 Å². The summed E-state index contributed by atoms with van der Waals surface area (Å²) < 4.78 is 15.4. The summed E-state index contributed by atoms with van der Waals surface area (Å²) in [4.78, 5) is 0. The van der Waals surface area contributed by atoms with Crippen LogP contribution in [0.4, 0.5) is 0 Å². The number of hydrogen-bond donors (Lipinski definition) is 0. The van der Waals surface area contributed by atoms with E-state index in [1.165, 1.54) is 16.5 Å². The topological polar surface area (TPSA) is 23.4 Å². The number of allylic oxidation sites excluding steroid dienone is 2. The molecule has 4 aromatic rings. The second kappa shape index (κ2) is 6.51. The molecule has 3 heterocycles. The average Bonchev–Trinajstić information content (AvgIpc) is 2.97. The van der Waals surface area contributed by atoms with Crippen LogP contribution in [0.15, 0.2) is 72.3 Å². The molecule has 0 saturated carbocycles. The quantitative estimate of drug-likeness (QED) is 0.267. The number of rotatable bonds is 0. The molecule has 2 aliphatic heterocycles. The van der Waals surface area contributed by atoms with Crippen molar-refractivity contribution in [2.75, 3.05) is 0 Å². The molecule has 0 radical (unpaired) electrons. The van der Waals surface area contributed by atoms with Crippen LogP contribution >= 0.6 is 0 Å². The Hall–Kier alpha value is -3.98. The second-order valence-corrected chi connectivity index (χ2v) is 8.57. The summed E-state index contributed by atoms with van der Waals surface area (Å²) in [5.74, 6) is 3.66. The standard InChI is InChI=1S/C29H21NO2/c1-30-26-22(16-14-20-12-10-18-6-2-4-8-24(18)31-28(20)26)23-17-15-21-13-11-19-7-3-5-9-25(19)32-29(21)27(23)30/h2-14,16H,15,17H2,1H3. The van der Waals surface area contributed by atoms with Crippen molar-refractivity contribution in [3.05, 3.63) is 100 Å². The van der Waals surface area contributed by atoms with Crippen LogP contribution < -0.4 is 9.47 Å². The molecule has 3 nitrogen and oxygen atoms in total. The van der Waals surface area contributed by atoms with E-state index in [2.05, 4.69) is 66.3 Å². The van der Waals surface area contributed by atoms with E-state index in [1.807, 2.05) is 30.3 Å². The van der Waals surface area contributed by atoms with E-state index in [0.717, 1.165) is 63.8 Å². The Labute approximate surface area is 186 Å². The van der Waals surface area contributed by atoms with E-state index < -0.39 is 0 Å². The van der Waals surface area contributed by atoms with Gasteiger partial charge < -0.3 is 14.0 Å². The molecule has 3 aromatic carbocycles. The molecule has 0 N–H and O–H groups in total. The molecule has 0 saturated heterocycles. The number of para-hydroxylation sites is 2. The molecule has 0 atom stereocenters. The van der Waals surface area contributed by atoms with Gasteiger partial charge in [0.1, 0.15) is 11.5 Å². The first-order valence-electron chi connectivity index (χ1n) is 11.1. The molecule has 0 amide bonds. The van der Waals surface area contributed by atoms with Crippen LogP contribution in [0.3, 0.4) is 0 Å². The second-order valence-electron chi connectivity index (χ2n) is 8.57. The van der Waals surface area contributed by atoms with Crippen molar-refractivity contribution in [1.82, 2.24) is 4.57 Å². The summed E-state index contributed by atoms with van der Waals surface area (Å²) in [6, 6.07) is 20.8. The third kappa shape index (κ3) is 2.42. The van der Waals surface area contributed by atoms with Crippen molar-refractivity contribution in [2.45, 2.75) is 12.8 Å². The highest BCUT2D eigenvalue weighted by atomic mass is 16.5. The first kappa shape index (κ1) is 17.7. The Kier molecular flexibility index (Phi) is 3.59. The lowest BCUT2D eigenvalue weighted by molar-refractivity contribution is 0.483. The Morgan fingerprint density at radius 2 is 1.38 bits per heavy atom. The highest BCUT2D eigenvalue weighted by Crippen LogP contribution is 2.46. The van der Waals surface area contributed by atoms with Crippen molar-refractivity contribution >= 4 is 34.9 Å². The maximum absolute atomic E-state index is 6.56. The van der Waals surface area contributed by atoms with Crippen LogP contribution in [0.1, 0.15) is 34.4 Å². The van der Waals surface area contributed by atoms with Gasteiger partial charge >= 0.3 is 0 Å². The summed E-state index contributed by atoms with van der Waals surface area (Å²) in [5.41, 5.74) is 8.15. The monoisotopic (exact) mass is 415 g/mol. The van der Waals surface area contributed by atoms with Gasteiger partial charge in [0, 0.05) is 29.1 Å². The number of benzene rings is 3. The fourth-order valence-corrected chi connectivity index (χ4v) is 5.20. The molecular formula is C29H21NO2. The van der Waals surface area contributed by atoms with Gasteiger partial charge in [-0.15, -0.1) is 0 Å². The molecule has 32 heavy (non-hydrogen) atoms. The number of hydrogen-bond acceptors (Lipinski definition) is 2. The van der Waals surface area contributed by atoms with Crippen molar-refractivity contribution in [3.8, 4) is 17.2 Å². The van der Waals surface area contributed by atoms with Crippen molar-refractivity contribution in [3.63, 3.8) is 0 Å². The minimum atomic E-state index is 0.886. The summed E-state index contributed by atoms with van der Waals surface area (Å²) >= 11 is 0. The van der Waals surface area contributed by atoms with E-state index in [0.29, 0.717) is 0 Å². The van der Waals surface area contributed by atoms with Crippen LogP contribution in [-0.4, -0.2) is 4.57 Å². The minimum Gasteiger partial charge on any atom is -0.454 e. The SMILES string of the molecule is Cn1c2c(c3ccc4c(c31)Oc1ccccc1C=C4)CCC1=C2Oc2ccccc2C=C1. The summed E-state index contributed by atoms with van der Waals surface area (Å²) in [6.45, 7) is 0. The highest BCUT2D eigenvalue weighted by Gasteiger charge is 2.30. The molecule has 0 spiro atoms. The number of nitrogens with zero attached hydrogens (tertiary/aromatic N) is 1. The fraction of sp³-hybridized carbons (Fsp3) is 0.103. The van der Waals surface area contributed by atoms with Gasteiger partial charge in [0.25, 0.3) is 0 Å². The lowest BCUT2D eigenvalue weighted by Gasteiger charge is -2.20. The van der Waals surface area contributed by atoms with Gasteiger partial charge in [-0.3, -0.25) is 0 Å². The first-order valence-corrected chi connectivity index (χ1v) is 11.1. The molecule has 1 aliphatic carbocycles. The highest BCUT2D eigenvalue weighted by molar-refractivity contribution is 5.98. The van der Waals surface area contributed by atoms with Gasteiger partial charge in [-0.2, -0.15) is 0 Å². The zero-order valence-corrected chi connectivity index (χ0v) is 17.8. The van der Waals surface area contributed by atoms with E-state index in [1.54, 1.807) is 0 Å². The Morgan fingerprint density at radius 1 is 0.688 bits per heavy atom. The summed E-state index contributed by atoms with van der Waals surface area (Å²) in [6.07, 6.45) is 10.6. The molecule has 7 rings (SSSR count). The minimum absolute atomic E-state index is 0.886. The fourth-order valence-electron chi connectivity index (χ4n) is 5.20. The molecule has 0 bridgehead atoms. The molecule has 3 aliphatic rings. The first-order chi connectivity index (χ1) is 15.8. The maximum Gasteiger partial charge on any atom is 0.158 e.